The molecule has 4 heteroatoms. The maximum atomic E-state index is 14.1. The van der Waals surface area contributed by atoms with E-state index < -0.39 is 0 Å². The molecule has 0 heterocycles. The molecule has 24 heavy (non-hydrogen) atoms. The number of rotatable bonds is 4. The summed E-state index contributed by atoms with van der Waals surface area (Å²) in [5.41, 5.74) is 2.37. The van der Waals surface area contributed by atoms with E-state index in [1.165, 1.54) is 12.1 Å². The third-order valence-electron chi connectivity index (χ3n) is 3.58. The number of benzene rings is 3. The lowest BCUT2D eigenvalue weighted by molar-refractivity contribution is 0.305. The predicted molar refractivity (Wildman–Crippen MR) is 92.3 cm³/mol. The van der Waals surface area contributed by atoms with E-state index in [0.29, 0.717) is 34.1 Å². The number of hydrogen-bond donors (Lipinski definition) is 0. The van der Waals surface area contributed by atoms with E-state index in [2.05, 4.69) is 6.07 Å². The molecule has 0 unspecified atom stereocenters. The Balaban J connectivity index is 1.94. The maximum Gasteiger partial charge on any atom is 0.138 e. The Morgan fingerprint density at radius 1 is 1.00 bits per heavy atom. The van der Waals surface area contributed by atoms with Crippen LogP contribution in [-0.4, -0.2) is 0 Å². The Kier molecular flexibility index (Phi) is 4.79. The van der Waals surface area contributed by atoms with Crippen LogP contribution < -0.4 is 4.74 Å². The minimum Gasteiger partial charge on any atom is -0.488 e. The molecule has 0 radical (unpaired) electrons. The van der Waals surface area contributed by atoms with E-state index >= 15 is 0 Å². The van der Waals surface area contributed by atoms with Crippen molar-refractivity contribution in [2.75, 3.05) is 0 Å². The summed E-state index contributed by atoms with van der Waals surface area (Å²) < 4.78 is 19.8. The Morgan fingerprint density at radius 2 is 1.79 bits per heavy atom. The second kappa shape index (κ2) is 7.16. The highest BCUT2D eigenvalue weighted by atomic mass is 35.5. The zero-order chi connectivity index (χ0) is 16.9. The summed E-state index contributed by atoms with van der Waals surface area (Å²) in [6, 6.07) is 21.1. The number of hydrogen-bond acceptors (Lipinski definition) is 2. The van der Waals surface area contributed by atoms with Crippen molar-refractivity contribution >= 4 is 11.6 Å². The summed E-state index contributed by atoms with van der Waals surface area (Å²) >= 11 is 5.96. The number of halogens is 2. The van der Waals surface area contributed by atoms with Crippen LogP contribution in [0.25, 0.3) is 11.1 Å². The number of nitriles is 1. The first kappa shape index (κ1) is 16.0. The van der Waals surface area contributed by atoms with Gasteiger partial charge < -0.3 is 4.74 Å². The topological polar surface area (TPSA) is 33.0 Å². The van der Waals surface area contributed by atoms with Gasteiger partial charge in [-0.05, 0) is 41.5 Å². The third kappa shape index (κ3) is 3.56. The first-order valence-electron chi connectivity index (χ1n) is 7.33. The first-order chi connectivity index (χ1) is 11.7. The van der Waals surface area contributed by atoms with Gasteiger partial charge in [0, 0.05) is 10.6 Å². The fraction of sp³-hybridized carbons (Fsp3) is 0.0500. The summed E-state index contributed by atoms with van der Waals surface area (Å²) in [5.74, 6) is 0.0383. The normalized spacial score (nSPS) is 10.2. The van der Waals surface area contributed by atoms with E-state index in [1.54, 1.807) is 24.3 Å². The fourth-order valence-electron chi connectivity index (χ4n) is 2.36. The first-order valence-corrected chi connectivity index (χ1v) is 7.71. The summed E-state index contributed by atoms with van der Waals surface area (Å²) in [4.78, 5) is 0. The molecule has 0 aliphatic heterocycles. The Bertz CT molecular complexity index is 903. The highest BCUT2D eigenvalue weighted by molar-refractivity contribution is 6.30. The van der Waals surface area contributed by atoms with Gasteiger partial charge in [0.2, 0.25) is 0 Å². The van der Waals surface area contributed by atoms with E-state index in [9.17, 15) is 9.65 Å². The van der Waals surface area contributed by atoms with Crippen LogP contribution in [0.1, 0.15) is 11.1 Å². The summed E-state index contributed by atoms with van der Waals surface area (Å²) in [5, 5.41) is 9.70. The molecule has 0 aliphatic carbocycles. The smallest absolute Gasteiger partial charge is 0.138 e. The average molecular weight is 338 g/mol. The van der Waals surface area contributed by atoms with Crippen molar-refractivity contribution in [3.05, 3.63) is 88.7 Å². The Morgan fingerprint density at radius 3 is 2.54 bits per heavy atom. The number of ether oxygens (including phenoxy) is 1. The zero-order valence-electron chi connectivity index (χ0n) is 12.7. The summed E-state index contributed by atoms with van der Waals surface area (Å²) in [7, 11) is 0. The van der Waals surface area contributed by atoms with Gasteiger partial charge in [-0.3, -0.25) is 0 Å². The van der Waals surface area contributed by atoms with Gasteiger partial charge in [0.05, 0.1) is 5.56 Å². The molecule has 3 aromatic carbocycles. The van der Waals surface area contributed by atoms with Crippen LogP contribution in [0.4, 0.5) is 4.39 Å². The molecule has 0 aromatic heterocycles. The molecule has 0 saturated carbocycles. The molecule has 3 rings (SSSR count). The molecule has 0 fully saturated rings. The van der Waals surface area contributed by atoms with Crippen molar-refractivity contribution in [2.45, 2.75) is 6.61 Å². The van der Waals surface area contributed by atoms with Gasteiger partial charge in [-0.15, -0.1) is 0 Å². The standard InChI is InChI=1S/C20H13ClFNO/c21-17-8-9-19(22)18(11-17)15-6-7-16(12-23)20(10-15)24-13-14-4-2-1-3-5-14/h1-11H,13H2. The largest absolute Gasteiger partial charge is 0.488 e. The molecular weight excluding hydrogens is 325 g/mol. The van der Waals surface area contributed by atoms with E-state index in [4.69, 9.17) is 16.3 Å². The van der Waals surface area contributed by atoms with E-state index in [1.807, 2.05) is 30.3 Å². The minimum atomic E-state index is -0.377. The summed E-state index contributed by atoms with van der Waals surface area (Å²) in [6.07, 6.45) is 0. The molecule has 0 amide bonds. The van der Waals surface area contributed by atoms with Gasteiger partial charge in [0.15, 0.2) is 0 Å². The third-order valence-corrected chi connectivity index (χ3v) is 3.81. The summed E-state index contributed by atoms with van der Waals surface area (Å²) in [6.45, 7) is 0.330. The quantitative estimate of drug-likeness (QED) is 0.621. The molecule has 0 atom stereocenters. The minimum absolute atomic E-state index is 0.330. The SMILES string of the molecule is N#Cc1ccc(-c2cc(Cl)ccc2F)cc1OCc1ccccc1. The van der Waals surface area contributed by atoms with Crippen molar-refractivity contribution in [3.63, 3.8) is 0 Å². The molecule has 0 saturated heterocycles. The van der Waals surface area contributed by atoms with Crippen LogP contribution in [-0.2, 0) is 6.61 Å². The number of nitrogens with zero attached hydrogens (tertiary/aromatic N) is 1. The lowest BCUT2D eigenvalue weighted by Crippen LogP contribution is -1.98. The fourth-order valence-corrected chi connectivity index (χ4v) is 2.53. The van der Waals surface area contributed by atoms with Crippen molar-refractivity contribution < 1.29 is 9.13 Å². The molecule has 3 aromatic rings. The Labute approximate surface area is 144 Å². The van der Waals surface area contributed by atoms with Crippen LogP contribution in [0.5, 0.6) is 5.75 Å². The lowest BCUT2D eigenvalue weighted by atomic mass is 10.0. The van der Waals surface area contributed by atoms with Crippen molar-refractivity contribution in [1.82, 2.24) is 0 Å². The molecular formula is C20H13ClFNO. The lowest BCUT2D eigenvalue weighted by Gasteiger charge is -2.11. The maximum absolute atomic E-state index is 14.1. The second-order valence-corrected chi connectivity index (χ2v) is 5.66. The Hall–Kier alpha value is -2.83. The van der Waals surface area contributed by atoms with Crippen LogP contribution in [0.2, 0.25) is 5.02 Å². The van der Waals surface area contributed by atoms with Crippen LogP contribution in [0.3, 0.4) is 0 Å². The molecule has 0 N–H and O–H groups in total. The van der Waals surface area contributed by atoms with Gasteiger partial charge in [-0.1, -0.05) is 48.0 Å². The van der Waals surface area contributed by atoms with Crippen molar-refractivity contribution in [2.24, 2.45) is 0 Å². The van der Waals surface area contributed by atoms with Gasteiger partial charge in [-0.2, -0.15) is 5.26 Å². The molecule has 2 nitrogen and oxygen atoms in total. The van der Waals surface area contributed by atoms with Gasteiger partial charge >= 0.3 is 0 Å². The molecule has 0 bridgehead atoms. The molecule has 118 valence electrons. The highest BCUT2D eigenvalue weighted by Crippen LogP contribution is 2.31. The zero-order valence-corrected chi connectivity index (χ0v) is 13.4. The van der Waals surface area contributed by atoms with Crippen LogP contribution in [0, 0.1) is 17.1 Å². The van der Waals surface area contributed by atoms with Crippen molar-refractivity contribution in [1.29, 1.82) is 5.26 Å². The molecule has 0 aliphatic rings. The molecule has 0 spiro atoms. The van der Waals surface area contributed by atoms with Crippen LogP contribution >= 0.6 is 11.6 Å². The predicted octanol–water partition coefficient (Wildman–Crippen LogP) is 5.60. The van der Waals surface area contributed by atoms with Gasteiger partial charge in [0.1, 0.15) is 24.2 Å². The monoisotopic (exact) mass is 337 g/mol. The average Bonchev–Trinajstić information content (AvgIpc) is 2.62. The van der Waals surface area contributed by atoms with Gasteiger partial charge in [0.25, 0.3) is 0 Å². The second-order valence-electron chi connectivity index (χ2n) is 5.22. The van der Waals surface area contributed by atoms with Gasteiger partial charge in [-0.25, -0.2) is 4.39 Å². The van der Waals surface area contributed by atoms with Crippen molar-refractivity contribution in [3.8, 4) is 22.9 Å². The van der Waals surface area contributed by atoms with E-state index in [0.717, 1.165) is 5.56 Å². The highest BCUT2D eigenvalue weighted by Gasteiger charge is 2.11. The van der Waals surface area contributed by atoms with Crippen LogP contribution in [0.15, 0.2) is 66.7 Å². The van der Waals surface area contributed by atoms with E-state index in [-0.39, 0.29) is 5.82 Å².